The molecule has 0 saturated carbocycles. The van der Waals surface area contributed by atoms with E-state index in [0.29, 0.717) is 5.82 Å². The number of anilines is 3. The molecule has 3 rings (SSSR count). The minimum absolute atomic E-state index is 0.588. The van der Waals surface area contributed by atoms with Crippen molar-refractivity contribution in [2.75, 3.05) is 17.4 Å². The predicted molar refractivity (Wildman–Crippen MR) is 80.0 cm³/mol. The molecule has 0 bridgehead atoms. The number of nitrogens with two attached hydrogens (primary N) is 1. The second kappa shape index (κ2) is 4.82. The Morgan fingerprint density at radius 2 is 2.20 bits per heavy atom. The van der Waals surface area contributed by atoms with E-state index in [1.54, 1.807) is 12.4 Å². The smallest absolute Gasteiger partial charge is 0.180 e. The molecule has 0 spiro atoms. The Labute approximate surface area is 116 Å². The number of hydrogen-bond donors (Lipinski definition) is 2. The Morgan fingerprint density at radius 1 is 1.35 bits per heavy atom. The minimum atomic E-state index is 0.588. The Bertz CT molecular complexity index is 748. The molecule has 6 heteroatoms. The van der Waals surface area contributed by atoms with E-state index >= 15 is 0 Å². The zero-order valence-corrected chi connectivity index (χ0v) is 11.4. The van der Waals surface area contributed by atoms with Gasteiger partial charge in [0.25, 0.3) is 0 Å². The van der Waals surface area contributed by atoms with Crippen LogP contribution in [0.2, 0.25) is 0 Å². The number of hydrogen-bond acceptors (Lipinski definition) is 5. The molecular weight excluding hydrogens is 252 g/mol. The van der Waals surface area contributed by atoms with Crippen LogP contribution < -0.4 is 16.2 Å². The number of nitrogen functional groups attached to an aromatic ring is 1. The van der Waals surface area contributed by atoms with Gasteiger partial charge < -0.3 is 14.7 Å². The number of aryl methyl sites for hydroxylation is 1. The second-order valence-electron chi connectivity index (χ2n) is 4.65. The lowest BCUT2D eigenvalue weighted by Crippen LogP contribution is -2.16. The molecule has 0 aliphatic carbocycles. The highest BCUT2D eigenvalue weighted by Gasteiger charge is 2.13. The van der Waals surface area contributed by atoms with Gasteiger partial charge in [-0.3, -0.25) is 0 Å². The summed E-state index contributed by atoms with van der Waals surface area (Å²) >= 11 is 0. The Hall–Kier alpha value is -2.60. The van der Waals surface area contributed by atoms with E-state index in [1.807, 2.05) is 34.7 Å². The zero-order chi connectivity index (χ0) is 14.1. The summed E-state index contributed by atoms with van der Waals surface area (Å²) in [5.74, 6) is 6.81. The molecule has 0 aliphatic heterocycles. The number of aromatic nitrogens is 3. The van der Waals surface area contributed by atoms with Gasteiger partial charge in [-0.2, -0.15) is 0 Å². The molecule has 0 saturated heterocycles. The van der Waals surface area contributed by atoms with Gasteiger partial charge in [0.2, 0.25) is 0 Å². The van der Waals surface area contributed by atoms with Gasteiger partial charge in [0, 0.05) is 25.1 Å². The molecular formula is C14H16N6. The maximum Gasteiger partial charge on any atom is 0.180 e. The van der Waals surface area contributed by atoms with Crippen molar-refractivity contribution in [1.82, 2.24) is 14.4 Å². The first-order valence-electron chi connectivity index (χ1n) is 6.30. The number of imidazole rings is 1. The third kappa shape index (κ3) is 2.06. The van der Waals surface area contributed by atoms with Gasteiger partial charge in [-0.25, -0.2) is 15.8 Å². The average Bonchev–Trinajstić information content (AvgIpc) is 2.93. The Morgan fingerprint density at radius 3 is 2.95 bits per heavy atom. The average molecular weight is 268 g/mol. The van der Waals surface area contributed by atoms with E-state index < -0.39 is 0 Å². The summed E-state index contributed by atoms with van der Waals surface area (Å²) in [5.41, 5.74) is 5.61. The molecule has 2 heterocycles. The van der Waals surface area contributed by atoms with Crippen molar-refractivity contribution in [1.29, 1.82) is 0 Å². The quantitative estimate of drug-likeness (QED) is 0.562. The number of fused-ring (bicyclic) bond motifs is 1. The number of hydrazine groups is 1. The van der Waals surface area contributed by atoms with Gasteiger partial charge in [-0.15, -0.1) is 0 Å². The molecule has 0 atom stereocenters. The van der Waals surface area contributed by atoms with E-state index in [2.05, 4.69) is 34.5 Å². The van der Waals surface area contributed by atoms with Crippen molar-refractivity contribution in [2.45, 2.75) is 6.92 Å². The van der Waals surface area contributed by atoms with Crippen LogP contribution in [0, 0.1) is 6.92 Å². The maximum atomic E-state index is 5.48. The molecule has 20 heavy (non-hydrogen) atoms. The lowest BCUT2D eigenvalue weighted by atomic mass is 10.2. The van der Waals surface area contributed by atoms with Crippen LogP contribution in [0.25, 0.3) is 5.65 Å². The van der Waals surface area contributed by atoms with E-state index in [1.165, 1.54) is 5.56 Å². The lowest BCUT2D eigenvalue weighted by molar-refractivity contribution is 1.05. The highest BCUT2D eigenvalue weighted by molar-refractivity contribution is 5.73. The largest absolute Gasteiger partial charge is 0.326 e. The summed E-state index contributed by atoms with van der Waals surface area (Å²) in [4.78, 5) is 10.9. The number of rotatable bonds is 3. The van der Waals surface area contributed by atoms with Crippen molar-refractivity contribution in [2.24, 2.45) is 5.84 Å². The first kappa shape index (κ1) is 12.4. The van der Waals surface area contributed by atoms with Gasteiger partial charge in [0.15, 0.2) is 17.3 Å². The van der Waals surface area contributed by atoms with Crippen LogP contribution in [0.4, 0.5) is 17.3 Å². The standard InChI is InChI=1S/C14H16N6/c1-10-4-3-5-11(8-10)19(2)14-13-16-6-7-20(13)9-12(17-14)18-15/h3-9,18H,15H2,1-2H3. The Balaban J connectivity index is 2.15. The maximum absolute atomic E-state index is 5.48. The van der Waals surface area contributed by atoms with Crippen molar-refractivity contribution < 1.29 is 0 Å². The van der Waals surface area contributed by atoms with E-state index in [-0.39, 0.29) is 0 Å². The van der Waals surface area contributed by atoms with Crippen LogP contribution >= 0.6 is 0 Å². The van der Waals surface area contributed by atoms with Crippen LogP contribution in [0.5, 0.6) is 0 Å². The third-order valence-electron chi connectivity index (χ3n) is 3.21. The van der Waals surface area contributed by atoms with E-state index in [4.69, 9.17) is 5.84 Å². The van der Waals surface area contributed by atoms with Gasteiger partial charge in [0.1, 0.15) is 0 Å². The number of nitrogens with one attached hydrogen (secondary N) is 1. The summed E-state index contributed by atoms with van der Waals surface area (Å²) in [6.45, 7) is 2.06. The van der Waals surface area contributed by atoms with Crippen LogP contribution in [0.3, 0.4) is 0 Å². The number of benzene rings is 1. The molecule has 2 aromatic heterocycles. The fourth-order valence-corrected chi connectivity index (χ4v) is 2.17. The summed E-state index contributed by atoms with van der Waals surface area (Å²) in [5, 5.41) is 0. The monoisotopic (exact) mass is 268 g/mol. The highest BCUT2D eigenvalue weighted by atomic mass is 15.3. The van der Waals surface area contributed by atoms with E-state index in [0.717, 1.165) is 17.2 Å². The van der Waals surface area contributed by atoms with Crippen molar-refractivity contribution in [3.05, 3.63) is 48.4 Å². The number of nitrogens with zero attached hydrogens (tertiary/aromatic N) is 4. The van der Waals surface area contributed by atoms with Crippen molar-refractivity contribution >= 4 is 23.0 Å². The molecule has 3 aromatic rings. The van der Waals surface area contributed by atoms with Crippen molar-refractivity contribution in [3.8, 4) is 0 Å². The molecule has 6 nitrogen and oxygen atoms in total. The molecule has 0 radical (unpaired) electrons. The molecule has 0 amide bonds. The third-order valence-corrected chi connectivity index (χ3v) is 3.21. The molecule has 0 unspecified atom stereocenters. The molecule has 0 fully saturated rings. The SMILES string of the molecule is Cc1cccc(N(C)c2nc(NN)cn3ccnc23)c1. The fraction of sp³-hybridized carbons (Fsp3) is 0.143. The zero-order valence-electron chi connectivity index (χ0n) is 11.4. The summed E-state index contributed by atoms with van der Waals surface area (Å²) in [7, 11) is 1.96. The summed E-state index contributed by atoms with van der Waals surface area (Å²) in [6, 6.07) is 8.23. The first-order valence-corrected chi connectivity index (χ1v) is 6.30. The van der Waals surface area contributed by atoms with Crippen molar-refractivity contribution in [3.63, 3.8) is 0 Å². The van der Waals surface area contributed by atoms with E-state index in [9.17, 15) is 0 Å². The summed E-state index contributed by atoms with van der Waals surface area (Å²) in [6.07, 6.45) is 5.41. The van der Waals surface area contributed by atoms with Crippen LogP contribution in [-0.4, -0.2) is 21.4 Å². The lowest BCUT2D eigenvalue weighted by Gasteiger charge is -2.20. The topological polar surface area (TPSA) is 71.5 Å². The predicted octanol–water partition coefficient (Wildman–Crippen LogP) is 2.09. The second-order valence-corrected chi connectivity index (χ2v) is 4.65. The minimum Gasteiger partial charge on any atom is -0.326 e. The van der Waals surface area contributed by atoms with Crippen LogP contribution in [0.1, 0.15) is 5.56 Å². The van der Waals surface area contributed by atoms with Gasteiger partial charge in [-0.05, 0) is 24.6 Å². The van der Waals surface area contributed by atoms with Crippen LogP contribution in [-0.2, 0) is 0 Å². The molecule has 3 N–H and O–H groups in total. The fourth-order valence-electron chi connectivity index (χ4n) is 2.17. The van der Waals surface area contributed by atoms with Gasteiger partial charge in [0.05, 0.1) is 6.20 Å². The molecule has 102 valence electrons. The summed E-state index contributed by atoms with van der Waals surface area (Å²) < 4.78 is 1.89. The van der Waals surface area contributed by atoms with Gasteiger partial charge >= 0.3 is 0 Å². The van der Waals surface area contributed by atoms with Crippen LogP contribution in [0.15, 0.2) is 42.9 Å². The molecule has 1 aromatic carbocycles. The first-order chi connectivity index (χ1) is 9.69. The van der Waals surface area contributed by atoms with Gasteiger partial charge in [-0.1, -0.05) is 12.1 Å². The highest BCUT2D eigenvalue weighted by Crippen LogP contribution is 2.26. The Kier molecular flexibility index (Phi) is 3.00. The molecule has 0 aliphatic rings. The normalized spacial score (nSPS) is 10.8.